The Bertz CT molecular complexity index is 2890. The van der Waals surface area contributed by atoms with Gasteiger partial charge in [0.2, 0.25) is 0 Å². The van der Waals surface area contributed by atoms with Crippen LogP contribution < -0.4 is 20.9 Å². The second-order valence-corrected chi connectivity index (χ2v) is 20.6. The molecule has 18 rings (SSSR count). The molecule has 0 aliphatic heterocycles. The number of rotatable bonds is 5. The number of carbonyl (C=O) groups excluding carboxylic acids is 1. The molecule has 12 atom stereocenters. The Hall–Kier alpha value is -4.17. The van der Waals surface area contributed by atoms with Crippen molar-refractivity contribution in [3.63, 3.8) is 0 Å². The zero-order valence-corrected chi connectivity index (χ0v) is 30.7. The molecule has 3 fully saturated rings. The zero-order valence-electron chi connectivity index (χ0n) is 30.7. The smallest absolute Gasteiger partial charge is 0.305 e. The second-order valence-electron chi connectivity index (χ2n) is 20.6. The van der Waals surface area contributed by atoms with Crippen LogP contribution in [0.25, 0.3) is 39.0 Å². The predicted molar refractivity (Wildman–Crippen MR) is 207 cm³/mol. The highest BCUT2D eigenvalue weighted by Gasteiger charge is 2.96. The minimum atomic E-state index is -0.0425. The molecule has 3 saturated carbocycles. The molecular formula is C52H40O2. The number of hydrogen-bond donors (Lipinski definition) is 0. The van der Waals surface area contributed by atoms with Crippen LogP contribution in [0.5, 0.6) is 0 Å². The summed E-state index contributed by atoms with van der Waals surface area (Å²) in [6, 6.07) is 12.0. The maximum atomic E-state index is 13.0. The maximum absolute atomic E-state index is 13.0. The molecule has 2 spiro atoms. The van der Waals surface area contributed by atoms with E-state index in [1.807, 2.05) is 66.1 Å². The lowest BCUT2D eigenvalue weighted by Crippen LogP contribution is -2.43. The summed E-state index contributed by atoms with van der Waals surface area (Å²) >= 11 is 0. The molecule has 0 heterocycles. The van der Waals surface area contributed by atoms with Gasteiger partial charge in [-0.25, -0.2) is 0 Å². The van der Waals surface area contributed by atoms with Crippen molar-refractivity contribution in [3.05, 3.63) is 120 Å². The first-order valence-corrected chi connectivity index (χ1v) is 21.9. The molecule has 260 valence electrons. The van der Waals surface area contributed by atoms with Gasteiger partial charge >= 0.3 is 5.97 Å². The van der Waals surface area contributed by atoms with Crippen LogP contribution in [-0.4, -0.2) is 13.1 Å². The number of carbonyl (C=O) groups is 1. The fraction of sp³-hybridized carbons (Fsp3) is 0.442. The third-order valence-electron chi connectivity index (χ3n) is 20.6. The summed E-state index contributed by atoms with van der Waals surface area (Å²) in [4.78, 5) is 13.0. The minimum absolute atomic E-state index is 0.0236. The summed E-state index contributed by atoms with van der Waals surface area (Å²) < 4.78 is 5.35. The third-order valence-corrected chi connectivity index (χ3v) is 20.6. The average molecular weight is 697 g/mol. The Morgan fingerprint density at radius 2 is 1.22 bits per heavy atom. The number of fused-ring (bicyclic) bond motifs is 5. The number of esters is 1. The maximum Gasteiger partial charge on any atom is 0.305 e. The molecule has 0 radical (unpaired) electrons. The fourth-order valence-electron chi connectivity index (χ4n) is 20.5. The third kappa shape index (κ3) is 1.93. The lowest BCUT2D eigenvalue weighted by atomic mass is 9.59. The van der Waals surface area contributed by atoms with Gasteiger partial charge in [-0.2, -0.15) is 0 Å². The molecular weight excluding hydrogens is 657 g/mol. The second kappa shape index (κ2) is 7.40. The van der Waals surface area contributed by atoms with E-state index >= 15 is 0 Å². The molecule has 15 aliphatic carbocycles. The van der Waals surface area contributed by atoms with Crippen LogP contribution in [0.3, 0.4) is 0 Å². The van der Waals surface area contributed by atoms with Crippen molar-refractivity contribution < 1.29 is 9.53 Å². The van der Waals surface area contributed by atoms with Crippen molar-refractivity contribution in [2.24, 2.45) is 47.3 Å². The van der Waals surface area contributed by atoms with Gasteiger partial charge in [-0.05, 0) is 163 Å². The van der Waals surface area contributed by atoms with Crippen LogP contribution in [0.2, 0.25) is 0 Å². The average Bonchev–Trinajstić information content (AvgIpc) is 3.86. The predicted octanol–water partition coefficient (Wildman–Crippen LogP) is 6.57. The largest absolute Gasteiger partial charge is 0.469 e. The zero-order chi connectivity index (χ0) is 34.3. The minimum Gasteiger partial charge on any atom is -0.469 e. The Morgan fingerprint density at radius 1 is 0.667 bits per heavy atom. The van der Waals surface area contributed by atoms with Gasteiger partial charge in [0.15, 0.2) is 0 Å². The number of hydrogen-bond acceptors (Lipinski definition) is 2. The number of benzene rings is 3. The lowest BCUT2D eigenvalue weighted by Gasteiger charge is -2.43. The molecule has 15 aliphatic rings. The van der Waals surface area contributed by atoms with Gasteiger partial charge in [-0.3, -0.25) is 4.79 Å². The van der Waals surface area contributed by atoms with E-state index in [1.165, 1.54) is 38.5 Å². The lowest BCUT2D eigenvalue weighted by molar-refractivity contribution is -0.140. The first-order chi connectivity index (χ1) is 26.7. The van der Waals surface area contributed by atoms with Gasteiger partial charge in [0.05, 0.1) is 7.11 Å². The van der Waals surface area contributed by atoms with Gasteiger partial charge in [-0.15, -0.1) is 0 Å². The number of allylic oxidation sites excluding steroid dienone is 5. The van der Waals surface area contributed by atoms with E-state index in [2.05, 4.69) is 54.6 Å². The molecule has 0 amide bonds. The van der Waals surface area contributed by atoms with Crippen LogP contribution in [-0.2, 0) is 25.8 Å². The summed E-state index contributed by atoms with van der Waals surface area (Å²) in [5.41, 5.74) is 27.5. The molecule has 2 heteroatoms. The van der Waals surface area contributed by atoms with Crippen LogP contribution in [0.1, 0.15) is 109 Å². The molecule has 0 saturated heterocycles. The van der Waals surface area contributed by atoms with Crippen molar-refractivity contribution in [1.82, 2.24) is 0 Å². The number of ether oxygens (including phenoxy) is 1. The van der Waals surface area contributed by atoms with Gasteiger partial charge in [0, 0.05) is 46.3 Å². The highest BCUT2D eigenvalue weighted by atomic mass is 16.5. The Labute approximate surface area is 313 Å². The SMILES string of the molecule is COC(=O)CCCC1(c2ccccc2)C23c4c5c6c7c8c4=C4CCC=8C8C=CC9C%10C=CC%11C%12=c%13c%14c(c-5c5c%13=C(CC%12)C(CCC42)C513)C6=C(C9C78)C%10C%14%11. The van der Waals surface area contributed by atoms with Crippen molar-refractivity contribution in [1.29, 1.82) is 0 Å². The van der Waals surface area contributed by atoms with E-state index in [9.17, 15) is 4.79 Å². The van der Waals surface area contributed by atoms with Crippen LogP contribution in [0, 0.1) is 47.3 Å². The molecule has 3 aromatic rings. The van der Waals surface area contributed by atoms with E-state index in [0.717, 1.165) is 12.8 Å². The van der Waals surface area contributed by atoms with Crippen LogP contribution in [0.15, 0.2) is 60.2 Å². The van der Waals surface area contributed by atoms with E-state index in [4.69, 9.17) is 4.74 Å². The summed E-state index contributed by atoms with van der Waals surface area (Å²) in [7, 11) is 1.58. The molecule has 3 aromatic carbocycles. The van der Waals surface area contributed by atoms with Crippen molar-refractivity contribution in [2.75, 3.05) is 7.11 Å². The Balaban J connectivity index is 1.13. The monoisotopic (exact) mass is 696 g/mol. The first kappa shape index (κ1) is 26.6. The summed E-state index contributed by atoms with van der Waals surface area (Å²) in [6.07, 6.45) is 21.4. The number of methoxy groups -OCH3 is 1. The topological polar surface area (TPSA) is 26.3 Å². The van der Waals surface area contributed by atoms with Crippen LogP contribution in [0.4, 0.5) is 0 Å². The Morgan fingerprint density at radius 3 is 1.78 bits per heavy atom. The molecule has 54 heavy (non-hydrogen) atoms. The highest BCUT2D eigenvalue weighted by molar-refractivity contribution is 6.14. The van der Waals surface area contributed by atoms with Gasteiger partial charge < -0.3 is 4.74 Å². The van der Waals surface area contributed by atoms with E-state index in [-0.39, 0.29) is 22.2 Å². The van der Waals surface area contributed by atoms with Gasteiger partial charge in [0.1, 0.15) is 0 Å². The van der Waals surface area contributed by atoms with Crippen LogP contribution >= 0.6 is 0 Å². The first-order valence-electron chi connectivity index (χ1n) is 21.9. The van der Waals surface area contributed by atoms with E-state index in [0.29, 0.717) is 65.6 Å². The molecule has 0 N–H and O–H groups in total. The summed E-state index contributed by atoms with van der Waals surface area (Å²) in [5, 5.41) is 7.23. The molecule has 0 bridgehead atoms. The highest BCUT2D eigenvalue weighted by Crippen LogP contribution is 2.94. The Kier molecular flexibility index (Phi) is 3.65. The molecule has 0 aromatic heterocycles. The van der Waals surface area contributed by atoms with Crippen molar-refractivity contribution in [3.8, 4) is 11.1 Å². The van der Waals surface area contributed by atoms with Gasteiger partial charge in [0.25, 0.3) is 0 Å². The normalized spacial score (nSPS) is 44.8. The molecule has 12 unspecified atom stereocenters. The quantitative estimate of drug-likeness (QED) is 0.175. The van der Waals surface area contributed by atoms with Crippen molar-refractivity contribution >= 4 is 33.8 Å². The summed E-state index contributed by atoms with van der Waals surface area (Å²) in [5.74, 6) is 6.36. The standard InChI is InChI=1S/C52H40O2/c1-54-31(53)8-5-19-50(20-6-3-2-4-7-20)51-29-17-18-30-28-16-14-26-24-12-10-22-21-9-11-23-25-13-15-27(29)38-36(25)41-34(23)32(21)40-33(22)35(24)42-37(26)39(28)49(52(30,50)51)47-45(42)43(40)44(41)46(47)48(38)51/h2-4,6-7,9-12,21-24,29-30,32-35H,5,8,13-19H2,1H3. The fourth-order valence-corrected chi connectivity index (χ4v) is 20.5. The summed E-state index contributed by atoms with van der Waals surface area (Å²) in [6.45, 7) is 0. The van der Waals surface area contributed by atoms with Crippen molar-refractivity contribution in [2.45, 2.75) is 85.9 Å². The molecule has 2 nitrogen and oxygen atoms in total. The van der Waals surface area contributed by atoms with E-state index in [1.54, 1.807) is 45.4 Å². The van der Waals surface area contributed by atoms with Gasteiger partial charge in [-0.1, -0.05) is 82.5 Å². The van der Waals surface area contributed by atoms with E-state index < -0.39 is 0 Å².